The molecule has 9 heteroatoms. The van der Waals surface area contributed by atoms with E-state index in [1.807, 2.05) is 50.3 Å². The topological polar surface area (TPSA) is 141 Å². The third kappa shape index (κ3) is 5.70. The van der Waals surface area contributed by atoms with E-state index in [9.17, 15) is 35.0 Å². The molecule has 4 atom stereocenters. The second-order valence-corrected chi connectivity index (χ2v) is 11.5. The number of benzene rings is 3. The lowest BCUT2D eigenvalue weighted by atomic mass is 9.67. The number of phenolic OH excluding ortho intramolecular Hbond substituents is 1. The van der Waals surface area contributed by atoms with Crippen molar-refractivity contribution < 1.29 is 29.8 Å². The van der Waals surface area contributed by atoms with Crippen LogP contribution in [-0.2, 0) is 9.59 Å². The molecule has 0 unspecified atom stereocenters. The van der Waals surface area contributed by atoms with Gasteiger partial charge in [-0.3, -0.25) is 19.7 Å². The maximum Gasteiger partial charge on any atom is 0.271 e. The number of imide groups is 1. The zero-order chi connectivity index (χ0) is 30.8. The number of carbonyl (C=O) groups excluding carboxylic acids is 2. The minimum absolute atomic E-state index is 0.136. The number of nitro groups is 1. The van der Waals surface area contributed by atoms with Gasteiger partial charge in [0.1, 0.15) is 5.75 Å². The molecule has 1 aliphatic heterocycles. The van der Waals surface area contributed by atoms with Crippen molar-refractivity contribution in [3.05, 3.63) is 93.1 Å². The van der Waals surface area contributed by atoms with Gasteiger partial charge in [0.2, 0.25) is 11.8 Å². The van der Waals surface area contributed by atoms with Gasteiger partial charge in [-0.2, -0.15) is 0 Å². The molecule has 2 amide bonds. The number of nitro benzene ring substituents is 1. The van der Waals surface area contributed by atoms with Gasteiger partial charge in [0.15, 0.2) is 0 Å². The van der Waals surface area contributed by atoms with Gasteiger partial charge in [0.25, 0.3) is 5.69 Å². The van der Waals surface area contributed by atoms with Gasteiger partial charge in [-0.05, 0) is 61.3 Å². The van der Waals surface area contributed by atoms with Gasteiger partial charge >= 0.3 is 0 Å². The highest BCUT2D eigenvalue weighted by atomic mass is 16.6. The Morgan fingerprint density at radius 2 is 1.84 bits per heavy atom. The van der Waals surface area contributed by atoms with Crippen LogP contribution in [0.4, 0.5) is 11.4 Å². The van der Waals surface area contributed by atoms with Gasteiger partial charge in [-0.25, -0.2) is 4.90 Å². The van der Waals surface area contributed by atoms with Crippen molar-refractivity contribution >= 4 is 40.0 Å². The Balaban J connectivity index is 1.40. The minimum Gasteiger partial charge on any atom is -0.507 e. The van der Waals surface area contributed by atoms with Crippen LogP contribution in [0.3, 0.4) is 0 Å². The third-order valence-corrected chi connectivity index (χ3v) is 8.74. The molecular weight excluding hydrogens is 548 g/mol. The van der Waals surface area contributed by atoms with Crippen molar-refractivity contribution in [1.29, 1.82) is 0 Å². The molecule has 3 N–H and O–H groups in total. The van der Waals surface area contributed by atoms with E-state index in [4.69, 9.17) is 0 Å². The Kier molecular flexibility index (Phi) is 8.75. The fraction of sp³-hybridized carbons (Fsp3) is 0.353. The van der Waals surface area contributed by atoms with Crippen molar-refractivity contribution in [1.82, 2.24) is 0 Å². The molecule has 1 saturated heterocycles. The predicted molar refractivity (Wildman–Crippen MR) is 164 cm³/mol. The summed E-state index contributed by atoms with van der Waals surface area (Å²) in [6.45, 7) is 3.58. The fourth-order valence-electron chi connectivity index (χ4n) is 6.79. The summed E-state index contributed by atoms with van der Waals surface area (Å²) in [6, 6.07) is 16.6. The number of nitrogens with zero attached hydrogens (tertiary/aromatic N) is 2. The second-order valence-electron chi connectivity index (χ2n) is 11.5. The van der Waals surface area contributed by atoms with E-state index in [2.05, 4.69) is 0 Å². The van der Waals surface area contributed by atoms with Crippen LogP contribution in [0.2, 0.25) is 0 Å². The van der Waals surface area contributed by atoms with Crippen molar-refractivity contribution in [2.45, 2.75) is 52.1 Å². The monoisotopic (exact) mass is 584 g/mol. The molecule has 0 aromatic heterocycles. The number of fused-ring (bicyclic) bond motifs is 2. The van der Waals surface area contributed by atoms with Gasteiger partial charge < -0.3 is 15.3 Å². The lowest BCUT2D eigenvalue weighted by molar-refractivity contribution is -0.384. The van der Waals surface area contributed by atoms with E-state index < -0.39 is 47.2 Å². The zero-order valence-electron chi connectivity index (χ0n) is 24.3. The molecule has 224 valence electrons. The number of carbonyl (C=O) groups is 2. The largest absolute Gasteiger partial charge is 0.507 e. The Labute approximate surface area is 249 Å². The zero-order valence-corrected chi connectivity index (χ0v) is 24.3. The summed E-state index contributed by atoms with van der Waals surface area (Å²) in [5.74, 6) is -3.03. The number of non-ortho nitro benzene ring substituents is 1. The number of hydrogen-bond donors (Lipinski definition) is 3. The van der Waals surface area contributed by atoms with E-state index in [0.717, 1.165) is 38.8 Å². The highest BCUT2D eigenvalue weighted by molar-refractivity contribution is 6.22. The van der Waals surface area contributed by atoms with E-state index in [0.29, 0.717) is 31.3 Å². The average Bonchev–Trinajstić information content (AvgIpc) is 3.25. The molecule has 3 aromatic rings. The smallest absolute Gasteiger partial charge is 0.271 e. The normalized spacial score (nSPS) is 21.4. The summed E-state index contributed by atoms with van der Waals surface area (Å²) in [4.78, 5) is 39.1. The summed E-state index contributed by atoms with van der Waals surface area (Å²) in [7, 11) is 0. The number of hydrogen-bond acceptors (Lipinski definition) is 7. The first-order valence-electron chi connectivity index (χ1n) is 14.7. The number of aliphatic hydroxyl groups excluding tert-OH is 2. The second kappa shape index (κ2) is 12.5. The minimum atomic E-state index is -0.922. The number of aromatic hydroxyl groups is 1. The number of anilines is 1. The Morgan fingerprint density at radius 1 is 1.09 bits per heavy atom. The molecule has 0 spiro atoms. The average molecular weight is 585 g/mol. The molecular formula is C34H36N2O7. The van der Waals surface area contributed by atoms with E-state index >= 15 is 0 Å². The molecule has 1 fully saturated rings. The highest BCUT2D eigenvalue weighted by Gasteiger charge is 2.55. The molecule has 0 saturated carbocycles. The number of aliphatic hydroxyl groups is 2. The van der Waals surface area contributed by atoms with Crippen molar-refractivity contribution in [3.8, 4) is 5.75 Å². The highest BCUT2D eigenvalue weighted by Crippen LogP contribution is 2.48. The van der Waals surface area contributed by atoms with Crippen molar-refractivity contribution in [2.75, 3.05) is 11.5 Å². The molecule has 43 heavy (non-hydrogen) atoms. The van der Waals surface area contributed by atoms with Crippen LogP contribution in [0.5, 0.6) is 5.75 Å². The number of phenols is 1. The number of allylic oxidation sites excluding steroid dienone is 2. The maximum atomic E-state index is 13.7. The van der Waals surface area contributed by atoms with E-state index in [1.54, 1.807) is 6.07 Å². The van der Waals surface area contributed by atoms with Crippen LogP contribution < -0.4 is 4.90 Å². The summed E-state index contributed by atoms with van der Waals surface area (Å²) >= 11 is 0. The summed E-state index contributed by atoms with van der Waals surface area (Å²) < 4.78 is 0. The van der Waals surface area contributed by atoms with Crippen molar-refractivity contribution in [2.24, 2.45) is 17.8 Å². The summed E-state index contributed by atoms with van der Waals surface area (Å²) in [6.07, 6.45) is 3.72. The van der Waals surface area contributed by atoms with Crippen LogP contribution in [0, 0.1) is 27.9 Å². The molecule has 0 bridgehead atoms. The lowest BCUT2D eigenvalue weighted by Gasteiger charge is -2.36. The molecule has 5 rings (SSSR count). The van der Waals surface area contributed by atoms with Crippen molar-refractivity contribution in [3.63, 3.8) is 0 Å². The first-order chi connectivity index (χ1) is 20.7. The Morgan fingerprint density at radius 3 is 2.53 bits per heavy atom. The van der Waals surface area contributed by atoms with Crippen LogP contribution in [0.25, 0.3) is 16.8 Å². The van der Waals surface area contributed by atoms with Crippen LogP contribution >= 0.6 is 0 Å². The standard InChI is InChI=1S/C34H36N2O7/c1-3-7-22-17-27-32(34(41)35(33(27)40)23-8-6-9-24(18-23)36(42)43)28(19-37)31(22)30(39)14-12-20(2)16-21-13-15-29(38)26-11-5-4-10-25(21)26/h4-6,8-11,13,15-16,18,27-28,30,32,37-39H,3,7,12,14,17,19H2,1-2H3/b20-16+/t27-,28+,30-,32-/m1/s1. The Hall–Kier alpha value is -4.34. The van der Waals surface area contributed by atoms with Gasteiger partial charge in [0, 0.05) is 23.4 Å². The molecule has 0 radical (unpaired) electrons. The van der Waals surface area contributed by atoms with Crippen LogP contribution in [0.15, 0.2) is 77.4 Å². The third-order valence-electron chi connectivity index (χ3n) is 8.74. The van der Waals surface area contributed by atoms with Gasteiger partial charge in [0.05, 0.1) is 35.2 Å². The number of rotatable bonds is 10. The Bertz CT molecular complexity index is 1640. The summed E-state index contributed by atoms with van der Waals surface area (Å²) in [5, 5.41) is 45.3. The van der Waals surface area contributed by atoms with Crippen LogP contribution in [-0.4, -0.2) is 44.8 Å². The van der Waals surface area contributed by atoms with E-state index in [-0.39, 0.29) is 17.1 Å². The molecule has 3 aromatic carbocycles. The predicted octanol–water partition coefficient (Wildman–Crippen LogP) is 5.91. The van der Waals surface area contributed by atoms with Gasteiger partial charge in [-0.1, -0.05) is 67.0 Å². The van der Waals surface area contributed by atoms with E-state index in [1.165, 1.54) is 24.3 Å². The summed E-state index contributed by atoms with van der Waals surface area (Å²) in [5.41, 5.74) is 3.41. The SMILES string of the molecule is CCCC1=C([C@H](O)CC/C(C)=C/c2ccc(O)c3ccccc23)[C@H](CO)[C@@H]2C(=O)N(c3cccc([N+](=O)[O-])c3)C(=O)[C@@H]2C1. The molecule has 2 aliphatic rings. The fourth-order valence-corrected chi connectivity index (χ4v) is 6.79. The quantitative estimate of drug-likeness (QED) is 0.116. The first-order valence-corrected chi connectivity index (χ1v) is 14.7. The first kappa shape index (κ1) is 30.1. The number of amides is 2. The molecule has 1 heterocycles. The van der Waals surface area contributed by atoms with Gasteiger partial charge in [-0.15, -0.1) is 0 Å². The lowest BCUT2D eigenvalue weighted by Crippen LogP contribution is -2.39. The van der Waals surface area contributed by atoms with Crippen LogP contribution in [0.1, 0.15) is 51.5 Å². The molecule has 9 nitrogen and oxygen atoms in total. The molecule has 1 aliphatic carbocycles. The maximum absolute atomic E-state index is 13.7.